The Morgan fingerprint density at radius 2 is 1.89 bits per heavy atom. The molecule has 2 aromatic carbocycles. The first-order valence-electron chi connectivity index (χ1n) is 5.95. The third-order valence-corrected chi connectivity index (χ3v) is 3.46. The van der Waals surface area contributed by atoms with Gasteiger partial charge in [-0.2, -0.15) is 0 Å². The first-order chi connectivity index (χ1) is 9.16. The quantitative estimate of drug-likeness (QED) is 0.785. The number of ether oxygens (including phenoxy) is 1. The van der Waals surface area contributed by atoms with Gasteiger partial charge in [-0.15, -0.1) is 0 Å². The number of carbonyl (C=O) groups is 1. The summed E-state index contributed by atoms with van der Waals surface area (Å²) < 4.78 is 5.49. The lowest BCUT2D eigenvalue weighted by Gasteiger charge is -2.32. The van der Waals surface area contributed by atoms with Crippen molar-refractivity contribution in [3.63, 3.8) is 0 Å². The third-order valence-electron chi connectivity index (χ3n) is 3.23. The lowest BCUT2D eigenvalue weighted by atomic mass is 9.98. The second-order valence-electron chi connectivity index (χ2n) is 4.44. The van der Waals surface area contributed by atoms with Crippen molar-refractivity contribution in [3.8, 4) is 0 Å². The minimum Gasteiger partial charge on any atom is -0.436 e. The van der Waals surface area contributed by atoms with Crippen LogP contribution >= 0.6 is 11.6 Å². The molecule has 0 bridgehead atoms. The minimum absolute atomic E-state index is 0.358. The van der Waals surface area contributed by atoms with Crippen LogP contribution in [0.2, 0.25) is 5.02 Å². The fraction of sp³-hybridized carbons (Fsp3) is 0.133. The first kappa shape index (κ1) is 12.1. The first-order valence-corrected chi connectivity index (χ1v) is 6.33. The molecule has 0 aromatic heterocycles. The lowest BCUT2D eigenvalue weighted by molar-refractivity contribution is 0.119. The number of amides is 1. The fourth-order valence-electron chi connectivity index (χ4n) is 2.26. The van der Waals surface area contributed by atoms with Crippen molar-refractivity contribution < 1.29 is 9.53 Å². The molecule has 0 saturated carbocycles. The molecule has 0 aliphatic carbocycles. The van der Waals surface area contributed by atoms with Crippen LogP contribution in [0.15, 0.2) is 48.5 Å². The molecule has 1 unspecified atom stereocenters. The van der Waals surface area contributed by atoms with Gasteiger partial charge in [0.15, 0.2) is 6.10 Å². The van der Waals surface area contributed by atoms with E-state index < -0.39 is 6.10 Å². The predicted molar refractivity (Wildman–Crippen MR) is 74.6 cm³/mol. The van der Waals surface area contributed by atoms with E-state index in [0.717, 1.165) is 16.8 Å². The summed E-state index contributed by atoms with van der Waals surface area (Å²) in [7, 11) is 1.69. The molecule has 3 rings (SSSR count). The van der Waals surface area contributed by atoms with E-state index in [1.165, 1.54) is 4.90 Å². The van der Waals surface area contributed by atoms with Gasteiger partial charge in [0.25, 0.3) is 0 Å². The Bertz CT molecular complexity index is 627. The zero-order chi connectivity index (χ0) is 13.4. The molecule has 1 aliphatic rings. The highest BCUT2D eigenvalue weighted by molar-refractivity contribution is 6.30. The summed E-state index contributed by atoms with van der Waals surface area (Å²) in [6.07, 6.45) is -0.762. The van der Waals surface area contributed by atoms with Crippen LogP contribution in [0, 0.1) is 0 Å². The minimum atomic E-state index is -0.404. The van der Waals surface area contributed by atoms with Gasteiger partial charge in [0.05, 0.1) is 5.69 Å². The monoisotopic (exact) mass is 273 g/mol. The highest BCUT2D eigenvalue weighted by Crippen LogP contribution is 2.39. The van der Waals surface area contributed by atoms with Crippen LogP contribution in [0.25, 0.3) is 0 Å². The van der Waals surface area contributed by atoms with Crippen molar-refractivity contribution in [2.24, 2.45) is 0 Å². The predicted octanol–water partition coefficient (Wildman–Crippen LogP) is 4.02. The van der Waals surface area contributed by atoms with Gasteiger partial charge in [0, 0.05) is 17.6 Å². The van der Waals surface area contributed by atoms with Crippen molar-refractivity contribution in [3.05, 3.63) is 64.7 Å². The van der Waals surface area contributed by atoms with Gasteiger partial charge in [-0.05, 0) is 23.8 Å². The SMILES string of the molecule is CN1C(=O)OC(c2ccccc2)c2cc(Cl)ccc21. The van der Waals surface area contributed by atoms with Crippen LogP contribution in [0.4, 0.5) is 10.5 Å². The zero-order valence-corrected chi connectivity index (χ0v) is 11.1. The molecule has 0 fully saturated rings. The van der Waals surface area contributed by atoms with Gasteiger partial charge in [0.1, 0.15) is 0 Å². The number of fused-ring (bicyclic) bond motifs is 1. The Morgan fingerprint density at radius 1 is 1.16 bits per heavy atom. The number of hydrogen-bond acceptors (Lipinski definition) is 2. The van der Waals surface area contributed by atoms with E-state index in [9.17, 15) is 4.79 Å². The number of benzene rings is 2. The average Bonchev–Trinajstić information content (AvgIpc) is 2.43. The molecule has 2 aromatic rings. The Morgan fingerprint density at radius 3 is 2.63 bits per heavy atom. The summed E-state index contributed by atoms with van der Waals surface area (Å²) in [5.41, 5.74) is 2.67. The van der Waals surface area contributed by atoms with E-state index in [2.05, 4.69) is 0 Å². The molecule has 4 heteroatoms. The van der Waals surface area contributed by atoms with Gasteiger partial charge in [0.2, 0.25) is 0 Å². The second-order valence-corrected chi connectivity index (χ2v) is 4.87. The van der Waals surface area contributed by atoms with Crippen molar-refractivity contribution in [2.75, 3.05) is 11.9 Å². The van der Waals surface area contributed by atoms with Crippen LogP contribution in [0.1, 0.15) is 17.2 Å². The van der Waals surface area contributed by atoms with Crippen molar-refractivity contribution >= 4 is 23.4 Å². The van der Waals surface area contributed by atoms with E-state index in [1.54, 1.807) is 13.1 Å². The van der Waals surface area contributed by atoms with E-state index in [1.807, 2.05) is 42.5 Å². The van der Waals surface area contributed by atoms with E-state index in [4.69, 9.17) is 16.3 Å². The highest BCUT2D eigenvalue weighted by Gasteiger charge is 2.31. The molecule has 0 saturated heterocycles. The van der Waals surface area contributed by atoms with Crippen LogP contribution < -0.4 is 4.90 Å². The maximum atomic E-state index is 11.9. The van der Waals surface area contributed by atoms with Crippen LogP contribution in [0.5, 0.6) is 0 Å². The van der Waals surface area contributed by atoms with Gasteiger partial charge in [-0.3, -0.25) is 4.90 Å². The van der Waals surface area contributed by atoms with Crippen molar-refractivity contribution in [1.82, 2.24) is 0 Å². The Balaban J connectivity index is 2.15. The summed E-state index contributed by atoms with van der Waals surface area (Å²) in [5, 5.41) is 0.631. The number of halogens is 1. The fourth-order valence-corrected chi connectivity index (χ4v) is 2.44. The molecule has 1 aliphatic heterocycles. The average molecular weight is 274 g/mol. The molecule has 1 amide bonds. The summed E-state index contributed by atoms with van der Waals surface area (Å²) in [6.45, 7) is 0. The van der Waals surface area contributed by atoms with Crippen LogP contribution in [0.3, 0.4) is 0 Å². The molecule has 1 atom stereocenters. The summed E-state index contributed by atoms with van der Waals surface area (Å²) in [4.78, 5) is 13.4. The smallest absolute Gasteiger partial charge is 0.414 e. The molecule has 19 heavy (non-hydrogen) atoms. The Hall–Kier alpha value is -2.00. The molecule has 1 heterocycles. The molecule has 3 nitrogen and oxygen atoms in total. The molecule has 0 spiro atoms. The van der Waals surface area contributed by atoms with E-state index in [-0.39, 0.29) is 6.09 Å². The third kappa shape index (κ3) is 2.06. The number of nitrogens with zero attached hydrogens (tertiary/aromatic N) is 1. The lowest BCUT2D eigenvalue weighted by Crippen LogP contribution is -2.34. The van der Waals surface area contributed by atoms with Crippen LogP contribution in [-0.2, 0) is 4.74 Å². The van der Waals surface area contributed by atoms with Gasteiger partial charge in [-0.25, -0.2) is 4.79 Å². The maximum Gasteiger partial charge on any atom is 0.414 e. The van der Waals surface area contributed by atoms with E-state index in [0.29, 0.717) is 5.02 Å². The molecular weight excluding hydrogens is 262 g/mol. The zero-order valence-electron chi connectivity index (χ0n) is 10.3. The standard InChI is InChI=1S/C15H12ClNO2/c1-17-13-8-7-11(16)9-12(13)14(19-15(17)18)10-5-3-2-4-6-10/h2-9,14H,1H3. The summed E-state index contributed by atoms with van der Waals surface area (Å²) >= 11 is 6.05. The molecule has 0 N–H and O–H groups in total. The van der Waals surface area contributed by atoms with Gasteiger partial charge in [-0.1, -0.05) is 41.9 Å². The number of rotatable bonds is 1. The Labute approximate surface area is 116 Å². The summed E-state index contributed by atoms with van der Waals surface area (Å²) in [6, 6.07) is 15.1. The van der Waals surface area contributed by atoms with Gasteiger partial charge >= 0.3 is 6.09 Å². The molecule has 96 valence electrons. The largest absolute Gasteiger partial charge is 0.436 e. The summed E-state index contributed by atoms with van der Waals surface area (Å²) in [5.74, 6) is 0. The van der Waals surface area contributed by atoms with E-state index >= 15 is 0 Å². The topological polar surface area (TPSA) is 29.5 Å². The maximum absolute atomic E-state index is 11.9. The van der Waals surface area contributed by atoms with Crippen molar-refractivity contribution in [2.45, 2.75) is 6.10 Å². The van der Waals surface area contributed by atoms with Crippen molar-refractivity contribution in [1.29, 1.82) is 0 Å². The second kappa shape index (κ2) is 4.59. The van der Waals surface area contributed by atoms with Crippen LogP contribution in [-0.4, -0.2) is 13.1 Å². The highest BCUT2D eigenvalue weighted by atomic mass is 35.5. The molecular formula is C15H12ClNO2. The molecule has 0 radical (unpaired) electrons. The number of cyclic esters (lactones) is 1. The number of hydrogen-bond donors (Lipinski definition) is 0. The van der Waals surface area contributed by atoms with Gasteiger partial charge < -0.3 is 4.74 Å². The Kier molecular flexibility index (Phi) is 2.91. The number of carbonyl (C=O) groups excluding carboxylic acids is 1. The normalized spacial score (nSPS) is 17.9. The number of anilines is 1.